The van der Waals surface area contributed by atoms with Crippen LogP contribution in [0.3, 0.4) is 0 Å². The predicted octanol–water partition coefficient (Wildman–Crippen LogP) is 3.34. The number of anilines is 2. The topological polar surface area (TPSA) is 63.0 Å². The van der Waals surface area contributed by atoms with Crippen LogP contribution < -0.4 is 10.6 Å². The zero-order valence-electron chi connectivity index (χ0n) is 9.70. The molecular formula is C11H12BrClN4O. The van der Waals surface area contributed by atoms with E-state index in [0.717, 1.165) is 16.7 Å². The van der Waals surface area contributed by atoms with Crippen LogP contribution in [0.4, 0.5) is 11.7 Å². The number of halogens is 2. The third kappa shape index (κ3) is 3.22. The minimum Gasteiger partial charge on any atom is -0.406 e. The molecule has 18 heavy (non-hydrogen) atoms. The number of nitrogens with zero attached hydrogens (tertiary/aromatic N) is 2. The second-order valence-corrected chi connectivity index (χ2v) is 4.71. The van der Waals surface area contributed by atoms with E-state index < -0.39 is 0 Å². The van der Waals surface area contributed by atoms with Gasteiger partial charge in [-0.1, -0.05) is 29.7 Å². The molecule has 5 nitrogen and oxygen atoms in total. The molecule has 0 unspecified atom stereocenters. The quantitative estimate of drug-likeness (QED) is 0.880. The lowest BCUT2D eigenvalue weighted by Gasteiger charge is -2.05. The molecule has 0 radical (unpaired) electrons. The number of nitrogens with one attached hydrogen (secondary N) is 2. The van der Waals surface area contributed by atoms with E-state index in [1.54, 1.807) is 6.07 Å². The van der Waals surface area contributed by atoms with Crippen molar-refractivity contribution in [1.29, 1.82) is 0 Å². The Morgan fingerprint density at radius 1 is 1.39 bits per heavy atom. The van der Waals surface area contributed by atoms with Crippen molar-refractivity contribution in [3.63, 3.8) is 0 Å². The van der Waals surface area contributed by atoms with Gasteiger partial charge in [-0.3, -0.25) is 0 Å². The van der Waals surface area contributed by atoms with Gasteiger partial charge in [-0.15, -0.1) is 5.10 Å². The van der Waals surface area contributed by atoms with Crippen LogP contribution in [0.1, 0.15) is 12.8 Å². The second kappa shape index (κ2) is 6.17. The van der Waals surface area contributed by atoms with Crippen LogP contribution in [0.25, 0.3) is 0 Å². The minimum absolute atomic E-state index is 0.339. The summed E-state index contributed by atoms with van der Waals surface area (Å²) in [5, 5.41) is 14.6. The molecule has 0 spiro atoms. The fraction of sp³-hybridized carbons (Fsp3) is 0.273. The van der Waals surface area contributed by atoms with Crippen LogP contribution in [-0.2, 0) is 6.54 Å². The normalized spacial score (nSPS) is 10.6. The van der Waals surface area contributed by atoms with Crippen molar-refractivity contribution in [2.24, 2.45) is 0 Å². The molecule has 2 N–H and O–H groups in total. The maximum Gasteiger partial charge on any atom is 0.320 e. The second-order valence-electron chi connectivity index (χ2n) is 3.51. The Hall–Kier alpha value is -1.11. The summed E-state index contributed by atoms with van der Waals surface area (Å²) in [7, 11) is 0. The summed E-state index contributed by atoms with van der Waals surface area (Å²) >= 11 is 9.38. The molecule has 0 aliphatic heterocycles. The zero-order valence-corrected chi connectivity index (χ0v) is 12.0. The monoisotopic (exact) mass is 330 g/mol. The van der Waals surface area contributed by atoms with Gasteiger partial charge in [-0.2, -0.15) is 0 Å². The van der Waals surface area contributed by atoms with Crippen molar-refractivity contribution >= 4 is 39.2 Å². The SMILES string of the molecule is CCNCc1nnc(Nc2cccc(Cl)c2Br)o1. The fourth-order valence-electron chi connectivity index (χ4n) is 1.32. The third-order valence-corrected chi connectivity index (χ3v) is 3.58. The van der Waals surface area contributed by atoms with Gasteiger partial charge in [0, 0.05) is 0 Å². The van der Waals surface area contributed by atoms with Crippen molar-refractivity contribution in [3.05, 3.63) is 33.6 Å². The van der Waals surface area contributed by atoms with Gasteiger partial charge >= 0.3 is 6.01 Å². The van der Waals surface area contributed by atoms with Crippen LogP contribution >= 0.6 is 27.5 Å². The average Bonchev–Trinajstić information content (AvgIpc) is 2.80. The van der Waals surface area contributed by atoms with E-state index in [-0.39, 0.29) is 0 Å². The molecule has 0 atom stereocenters. The maximum atomic E-state index is 5.99. The number of aromatic nitrogens is 2. The first-order chi connectivity index (χ1) is 8.70. The molecule has 2 aromatic rings. The van der Waals surface area contributed by atoms with Gasteiger partial charge in [-0.25, -0.2) is 0 Å². The number of benzene rings is 1. The molecule has 1 aromatic heterocycles. The highest BCUT2D eigenvalue weighted by Crippen LogP contribution is 2.31. The maximum absolute atomic E-state index is 5.99. The van der Waals surface area contributed by atoms with Crippen LogP contribution in [0.5, 0.6) is 0 Å². The lowest BCUT2D eigenvalue weighted by Crippen LogP contribution is -2.11. The summed E-state index contributed by atoms with van der Waals surface area (Å²) in [5.74, 6) is 0.539. The van der Waals surface area contributed by atoms with E-state index >= 15 is 0 Å². The van der Waals surface area contributed by atoms with Crippen molar-refractivity contribution < 1.29 is 4.42 Å². The molecular weight excluding hydrogens is 320 g/mol. The molecule has 7 heteroatoms. The highest BCUT2D eigenvalue weighted by Gasteiger charge is 2.09. The van der Waals surface area contributed by atoms with Crippen LogP contribution in [0, 0.1) is 0 Å². The first-order valence-corrected chi connectivity index (χ1v) is 6.62. The van der Waals surface area contributed by atoms with Crippen LogP contribution in [-0.4, -0.2) is 16.7 Å². The first kappa shape index (κ1) is 13.3. The van der Waals surface area contributed by atoms with E-state index in [4.69, 9.17) is 16.0 Å². The number of hydrogen-bond acceptors (Lipinski definition) is 5. The lowest BCUT2D eigenvalue weighted by molar-refractivity contribution is 0.484. The minimum atomic E-state index is 0.339. The molecule has 0 amide bonds. The Morgan fingerprint density at radius 2 is 2.22 bits per heavy atom. The third-order valence-electron chi connectivity index (χ3n) is 2.19. The zero-order chi connectivity index (χ0) is 13.0. The molecule has 0 aliphatic carbocycles. The molecule has 0 bridgehead atoms. The van der Waals surface area contributed by atoms with Crippen molar-refractivity contribution in [1.82, 2.24) is 15.5 Å². The van der Waals surface area contributed by atoms with Crippen LogP contribution in [0.2, 0.25) is 5.02 Å². The summed E-state index contributed by atoms with van der Waals surface area (Å²) in [6.45, 7) is 3.42. The Labute approximate surface area is 118 Å². The Balaban J connectivity index is 2.09. The van der Waals surface area contributed by atoms with E-state index in [9.17, 15) is 0 Å². The highest BCUT2D eigenvalue weighted by molar-refractivity contribution is 9.10. The standard InChI is InChI=1S/C11H12BrClN4O/c1-2-14-6-9-16-17-11(18-9)15-8-5-3-4-7(13)10(8)12/h3-5,14H,2,6H2,1H3,(H,15,17). The van der Waals surface area contributed by atoms with Gasteiger partial charge < -0.3 is 15.1 Å². The van der Waals surface area contributed by atoms with E-state index in [1.165, 1.54) is 0 Å². The van der Waals surface area contributed by atoms with Crippen molar-refractivity contribution in [2.45, 2.75) is 13.5 Å². The summed E-state index contributed by atoms with van der Waals surface area (Å²) in [5.41, 5.74) is 0.779. The summed E-state index contributed by atoms with van der Waals surface area (Å²) in [6, 6.07) is 5.84. The predicted molar refractivity (Wildman–Crippen MR) is 74.1 cm³/mol. The van der Waals surface area contributed by atoms with Crippen molar-refractivity contribution in [2.75, 3.05) is 11.9 Å². The Kier molecular flexibility index (Phi) is 4.57. The van der Waals surface area contributed by atoms with E-state index in [1.807, 2.05) is 19.1 Å². The van der Waals surface area contributed by atoms with Gasteiger partial charge in [0.1, 0.15) is 0 Å². The van der Waals surface area contributed by atoms with E-state index in [2.05, 4.69) is 36.8 Å². The van der Waals surface area contributed by atoms with Crippen LogP contribution in [0.15, 0.2) is 27.1 Å². The van der Waals surface area contributed by atoms with Gasteiger partial charge in [0.2, 0.25) is 5.89 Å². The molecule has 2 rings (SSSR count). The van der Waals surface area contributed by atoms with Gasteiger partial charge in [-0.05, 0) is 34.6 Å². The van der Waals surface area contributed by atoms with Gasteiger partial charge in [0.15, 0.2) is 0 Å². The molecule has 1 heterocycles. The molecule has 0 fully saturated rings. The molecule has 1 aromatic carbocycles. The summed E-state index contributed by atoms with van der Waals surface area (Å²) < 4.78 is 6.19. The number of hydrogen-bond donors (Lipinski definition) is 2. The highest BCUT2D eigenvalue weighted by atomic mass is 79.9. The summed E-state index contributed by atoms with van der Waals surface area (Å²) in [4.78, 5) is 0. The first-order valence-electron chi connectivity index (χ1n) is 5.45. The fourth-order valence-corrected chi connectivity index (χ4v) is 1.86. The smallest absolute Gasteiger partial charge is 0.320 e. The molecule has 0 saturated heterocycles. The van der Waals surface area contributed by atoms with E-state index in [0.29, 0.717) is 23.5 Å². The molecule has 0 saturated carbocycles. The molecule has 0 aliphatic rings. The van der Waals surface area contributed by atoms with Gasteiger partial charge in [0.05, 0.1) is 21.7 Å². The molecule has 96 valence electrons. The van der Waals surface area contributed by atoms with Gasteiger partial charge in [0.25, 0.3) is 0 Å². The largest absolute Gasteiger partial charge is 0.406 e. The Morgan fingerprint density at radius 3 is 3.00 bits per heavy atom. The number of rotatable bonds is 5. The Bertz CT molecular complexity index is 532. The lowest BCUT2D eigenvalue weighted by atomic mass is 10.3. The summed E-state index contributed by atoms with van der Waals surface area (Å²) in [6.07, 6.45) is 0. The average molecular weight is 332 g/mol. The van der Waals surface area contributed by atoms with Crippen molar-refractivity contribution in [3.8, 4) is 0 Å².